The molecule has 0 N–H and O–H groups in total. The van der Waals surface area contributed by atoms with Crippen LogP contribution in [-0.4, -0.2) is 37.9 Å². The Morgan fingerprint density at radius 1 is 1.04 bits per heavy atom. The fourth-order valence-electron chi connectivity index (χ4n) is 3.70. The van der Waals surface area contributed by atoms with Gasteiger partial charge in [0.2, 0.25) is 0 Å². The molecule has 0 radical (unpaired) electrons. The van der Waals surface area contributed by atoms with Gasteiger partial charge in [-0.1, -0.05) is 30.3 Å². The summed E-state index contributed by atoms with van der Waals surface area (Å²) >= 11 is 0. The highest BCUT2D eigenvalue weighted by molar-refractivity contribution is 5.94. The molecular weight excluding hydrogens is 336 g/mol. The number of aromatic nitrogens is 3. The third-order valence-corrected chi connectivity index (χ3v) is 5.31. The first-order valence-electron chi connectivity index (χ1n) is 9.48. The summed E-state index contributed by atoms with van der Waals surface area (Å²) in [4.78, 5) is 24.0. The normalized spacial score (nSPS) is 17.1. The quantitative estimate of drug-likeness (QED) is 0.704. The maximum absolute atomic E-state index is 13.0. The van der Waals surface area contributed by atoms with Crippen LogP contribution in [0.5, 0.6) is 0 Å². The molecule has 3 heterocycles. The Labute approximate surface area is 159 Å². The molecule has 0 bridgehead atoms. The number of likely N-dealkylation sites (tertiary alicyclic amines) is 1. The van der Waals surface area contributed by atoms with E-state index in [1.54, 1.807) is 0 Å². The van der Waals surface area contributed by atoms with E-state index in [0.29, 0.717) is 17.6 Å². The van der Waals surface area contributed by atoms with Crippen LogP contribution in [0.4, 0.5) is 0 Å². The number of hydrogen-bond acceptors (Lipinski definition) is 3. The van der Waals surface area contributed by atoms with Gasteiger partial charge in [-0.3, -0.25) is 4.79 Å². The average Bonchev–Trinajstić information content (AvgIpc) is 3.10. The summed E-state index contributed by atoms with van der Waals surface area (Å²) in [6.45, 7) is 2.98. The van der Waals surface area contributed by atoms with Gasteiger partial charge in [0.15, 0.2) is 5.82 Å². The molecule has 1 fully saturated rings. The largest absolute Gasteiger partial charge is 0.346 e. The van der Waals surface area contributed by atoms with E-state index in [2.05, 4.69) is 16.9 Å². The van der Waals surface area contributed by atoms with Crippen molar-refractivity contribution in [1.29, 1.82) is 0 Å². The van der Waals surface area contributed by atoms with Crippen LogP contribution in [0.15, 0.2) is 55.0 Å². The van der Waals surface area contributed by atoms with Crippen LogP contribution in [0.2, 0.25) is 0 Å². The van der Waals surface area contributed by atoms with Gasteiger partial charge in [-0.25, -0.2) is 9.97 Å². The lowest BCUT2D eigenvalue weighted by molar-refractivity contribution is 0.0626. The molecular formula is C22H24N4O. The van der Waals surface area contributed by atoms with Crippen molar-refractivity contribution in [2.24, 2.45) is 7.05 Å². The molecule has 1 amide bonds. The second-order valence-corrected chi connectivity index (χ2v) is 7.23. The lowest BCUT2D eigenvalue weighted by atomic mass is 10.0. The summed E-state index contributed by atoms with van der Waals surface area (Å²) in [5, 5.41) is 0. The maximum Gasteiger partial charge on any atom is 0.270 e. The number of benzene rings is 1. The minimum Gasteiger partial charge on any atom is -0.346 e. The molecule has 1 aliphatic heterocycles. The second kappa shape index (κ2) is 7.35. The highest BCUT2D eigenvalue weighted by Crippen LogP contribution is 2.25. The van der Waals surface area contributed by atoms with E-state index in [-0.39, 0.29) is 5.91 Å². The number of carbonyl (C=O) groups is 1. The van der Waals surface area contributed by atoms with Crippen molar-refractivity contribution in [3.63, 3.8) is 0 Å². The Bertz CT molecular complexity index is 931. The van der Waals surface area contributed by atoms with Crippen molar-refractivity contribution < 1.29 is 4.79 Å². The zero-order valence-electron chi connectivity index (χ0n) is 15.8. The molecule has 5 nitrogen and oxygen atoms in total. The fourth-order valence-corrected chi connectivity index (χ4v) is 3.70. The van der Waals surface area contributed by atoms with Crippen molar-refractivity contribution in [1.82, 2.24) is 19.4 Å². The van der Waals surface area contributed by atoms with Gasteiger partial charge in [-0.15, -0.1) is 0 Å². The summed E-state index contributed by atoms with van der Waals surface area (Å²) in [6.07, 6.45) is 8.99. The van der Waals surface area contributed by atoms with Gasteiger partial charge in [0.05, 0.1) is 0 Å². The topological polar surface area (TPSA) is 51.0 Å². The summed E-state index contributed by atoms with van der Waals surface area (Å²) in [6, 6.07) is 12.2. The fraction of sp³-hybridized carbons (Fsp3) is 0.318. The monoisotopic (exact) mass is 360 g/mol. The first-order chi connectivity index (χ1) is 13.1. The van der Waals surface area contributed by atoms with Gasteiger partial charge in [0, 0.05) is 54.9 Å². The van der Waals surface area contributed by atoms with Crippen LogP contribution in [0, 0.1) is 0 Å². The van der Waals surface area contributed by atoms with E-state index in [4.69, 9.17) is 0 Å². The van der Waals surface area contributed by atoms with Crippen LogP contribution in [-0.2, 0) is 7.05 Å². The van der Waals surface area contributed by atoms with E-state index in [0.717, 1.165) is 36.1 Å². The number of nitrogens with zero attached hydrogens (tertiary/aromatic N) is 4. The molecule has 5 heteroatoms. The average molecular weight is 360 g/mol. The van der Waals surface area contributed by atoms with Crippen molar-refractivity contribution in [3.8, 4) is 22.5 Å². The number of amides is 1. The van der Waals surface area contributed by atoms with E-state index in [1.807, 2.05) is 71.5 Å². The predicted molar refractivity (Wildman–Crippen MR) is 106 cm³/mol. The van der Waals surface area contributed by atoms with Gasteiger partial charge in [0.1, 0.15) is 5.69 Å². The first kappa shape index (κ1) is 17.5. The number of aryl methyl sites for hydroxylation is 1. The van der Waals surface area contributed by atoms with Gasteiger partial charge in [-0.2, -0.15) is 0 Å². The summed E-state index contributed by atoms with van der Waals surface area (Å²) in [7, 11) is 1.92. The maximum atomic E-state index is 13.0. The Hall–Kier alpha value is -2.95. The third-order valence-electron chi connectivity index (χ3n) is 5.31. The van der Waals surface area contributed by atoms with Crippen molar-refractivity contribution in [3.05, 3.63) is 60.7 Å². The number of hydrogen-bond donors (Lipinski definition) is 0. The molecule has 2 aromatic heterocycles. The Morgan fingerprint density at radius 2 is 1.78 bits per heavy atom. The number of carbonyl (C=O) groups excluding carboxylic acids is 1. The number of rotatable bonds is 3. The van der Waals surface area contributed by atoms with E-state index in [1.165, 1.54) is 6.42 Å². The first-order valence-corrected chi connectivity index (χ1v) is 9.48. The van der Waals surface area contributed by atoms with Gasteiger partial charge >= 0.3 is 0 Å². The van der Waals surface area contributed by atoms with E-state index in [9.17, 15) is 4.79 Å². The lowest BCUT2D eigenvalue weighted by Crippen LogP contribution is -2.42. The Balaban J connectivity index is 1.58. The molecule has 1 saturated heterocycles. The van der Waals surface area contributed by atoms with Crippen molar-refractivity contribution >= 4 is 5.91 Å². The molecule has 0 saturated carbocycles. The molecule has 1 aliphatic rings. The van der Waals surface area contributed by atoms with Crippen LogP contribution < -0.4 is 0 Å². The second-order valence-electron chi connectivity index (χ2n) is 7.23. The van der Waals surface area contributed by atoms with Gasteiger partial charge in [-0.05, 0) is 32.3 Å². The standard InChI is InChI=1S/C22H24N4O/c1-16-8-6-7-11-26(16)22(27)20-12-18(15-25(20)2)19-13-23-21(24-14-19)17-9-4-3-5-10-17/h3-5,9-10,12-16H,6-8,11H2,1-2H3. The lowest BCUT2D eigenvalue weighted by Gasteiger charge is -2.33. The highest BCUT2D eigenvalue weighted by atomic mass is 16.2. The van der Waals surface area contributed by atoms with Crippen LogP contribution in [0.25, 0.3) is 22.5 Å². The molecule has 0 spiro atoms. The molecule has 138 valence electrons. The minimum atomic E-state index is 0.109. The summed E-state index contributed by atoms with van der Waals surface area (Å²) in [5.41, 5.74) is 3.58. The molecule has 0 aliphatic carbocycles. The third kappa shape index (κ3) is 3.50. The van der Waals surface area contributed by atoms with Crippen LogP contribution >= 0.6 is 0 Å². The molecule has 1 aromatic carbocycles. The smallest absolute Gasteiger partial charge is 0.270 e. The van der Waals surface area contributed by atoms with Gasteiger partial charge < -0.3 is 9.47 Å². The van der Waals surface area contributed by atoms with E-state index < -0.39 is 0 Å². The Morgan fingerprint density at radius 3 is 2.48 bits per heavy atom. The van der Waals surface area contributed by atoms with Gasteiger partial charge in [0.25, 0.3) is 5.91 Å². The summed E-state index contributed by atoms with van der Waals surface area (Å²) < 4.78 is 1.91. The van der Waals surface area contributed by atoms with Crippen LogP contribution in [0.1, 0.15) is 36.7 Å². The number of piperidine rings is 1. The van der Waals surface area contributed by atoms with E-state index >= 15 is 0 Å². The molecule has 27 heavy (non-hydrogen) atoms. The Kier molecular flexibility index (Phi) is 4.75. The molecule has 4 rings (SSSR count). The highest BCUT2D eigenvalue weighted by Gasteiger charge is 2.26. The summed E-state index contributed by atoms with van der Waals surface area (Å²) in [5.74, 6) is 0.812. The zero-order valence-corrected chi connectivity index (χ0v) is 15.8. The molecule has 3 aromatic rings. The van der Waals surface area contributed by atoms with Crippen molar-refractivity contribution in [2.75, 3.05) is 6.54 Å². The molecule has 1 unspecified atom stereocenters. The predicted octanol–water partition coefficient (Wildman–Crippen LogP) is 4.16. The SMILES string of the molecule is CC1CCCCN1C(=O)c1cc(-c2cnc(-c3ccccc3)nc2)cn1C. The minimum absolute atomic E-state index is 0.109. The zero-order chi connectivity index (χ0) is 18.8. The van der Waals surface area contributed by atoms with Crippen molar-refractivity contribution in [2.45, 2.75) is 32.2 Å². The van der Waals surface area contributed by atoms with Crippen LogP contribution in [0.3, 0.4) is 0 Å². The molecule has 1 atom stereocenters.